The molecular formula is C24H21NO3S3. The van der Waals surface area contributed by atoms with Crippen LogP contribution in [0.25, 0.3) is 31.9 Å². The summed E-state index contributed by atoms with van der Waals surface area (Å²) in [6.45, 7) is 4.11. The molecule has 0 saturated heterocycles. The minimum Gasteiger partial charge on any atom is -0.294 e. The molecule has 0 aliphatic heterocycles. The fraction of sp³-hybridized carbons (Fsp3) is 0.250. The van der Waals surface area contributed by atoms with Crippen LogP contribution in [0.4, 0.5) is 0 Å². The SMILES string of the molecule is CC1(C)CC(=O)c2c(S(C)(=O)=O)sc(-c3nc(-c4ccc5ccccc5c4)cs3)c2C1. The van der Waals surface area contributed by atoms with Crippen molar-refractivity contribution in [2.45, 2.75) is 30.9 Å². The van der Waals surface area contributed by atoms with E-state index in [0.717, 1.165) is 32.1 Å². The number of carbonyl (C=O) groups is 1. The van der Waals surface area contributed by atoms with Crippen LogP contribution in [-0.4, -0.2) is 25.4 Å². The molecule has 4 aromatic rings. The first-order valence-corrected chi connectivity index (χ1v) is 13.6. The number of fused-ring (bicyclic) bond motifs is 2. The molecule has 1 aliphatic rings. The highest BCUT2D eigenvalue weighted by Crippen LogP contribution is 2.48. The van der Waals surface area contributed by atoms with Crippen LogP contribution in [0.5, 0.6) is 0 Å². The van der Waals surface area contributed by atoms with Gasteiger partial charge in [-0.05, 0) is 34.2 Å². The second kappa shape index (κ2) is 7.08. The molecule has 2 aromatic heterocycles. The molecule has 0 N–H and O–H groups in total. The third-order valence-corrected chi connectivity index (χ3v) is 9.69. The fourth-order valence-electron chi connectivity index (χ4n) is 4.25. The standard InChI is InChI=1S/C24H21NO3S3/c1-24(2)11-17-20(19(26)12-24)23(31(3,27)28)30-21(17)22-25-18(13-29-22)16-9-8-14-6-4-5-7-15(14)10-16/h4-10,13H,11-12H2,1-3H3. The molecule has 0 unspecified atom stereocenters. The Hall–Kier alpha value is -2.35. The number of thiophene rings is 1. The van der Waals surface area contributed by atoms with Crippen molar-refractivity contribution in [1.82, 2.24) is 4.98 Å². The summed E-state index contributed by atoms with van der Waals surface area (Å²) in [7, 11) is -3.50. The lowest BCUT2D eigenvalue weighted by Crippen LogP contribution is -2.27. The van der Waals surface area contributed by atoms with Gasteiger partial charge in [-0.25, -0.2) is 13.4 Å². The number of sulfone groups is 1. The van der Waals surface area contributed by atoms with Gasteiger partial charge in [0.1, 0.15) is 9.22 Å². The number of thiazole rings is 1. The first kappa shape index (κ1) is 20.5. The van der Waals surface area contributed by atoms with Gasteiger partial charge in [0.25, 0.3) is 0 Å². The molecule has 0 saturated carbocycles. The van der Waals surface area contributed by atoms with Gasteiger partial charge in [0.15, 0.2) is 15.6 Å². The first-order chi connectivity index (χ1) is 14.6. The van der Waals surface area contributed by atoms with E-state index in [9.17, 15) is 13.2 Å². The van der Waals surface area contributed by atoms with Crippen molar-refractivity contribution in [3.8, 4) is 21.1 Å². The molecule has 7 heteroatoms. The largest absolute Gasteiger partial charge is 0.294 e. The van der Waals surface area contributed by atoms with Gasteiger partial charge >= 0.3 is 0 Å². The number of Topliss-reactive ketones (excluding diaryl/α,β-unsaturated/α-hetero) is 1. The summed E-state index contributed by atoms with van der Waals surface area (Å²) >= 11 is 2.68. The number of nitrogens with zero attached hydrogens (tertiary/aromatic N) is 1. The normalized spacial score (nSPS) is 15.9. The van der Waals surface area contributed by atoms with E-state index in [1.165, 1.54) is 34.3 Å². The molecule has 0 radical (unpaired) electrons. The zero-order chi connectivity index (χ0) is 22.0. The zero-order valence-corrected chi connectivity index (χ0v) is 19.9. The van der Waals surface area contributed by atoms with E-state index in [4.69, 9.17) is 4.98 Å². The van der Waals surface area contributed by atoms with Gasteiger partial charge in [-0.3, -0.25) is 4.79 Å². The number of ketones is 1. The monoisotopic (exact) mass is 467 g/mol. The Bertz CT molecular complexity index is 1460. The van der Waals surface area contributed by atoms with Gasteiger partial charge in [-0.2, -0.15) is 0 Å². The van der Waals surface area contributed by atoms with Crippen molar-refractivity contribution in [1.29, 1.82) is 0 Å². The molecule has 1 aliphatic carbocycles. The smallest absolute Gasteiger partial charge is 0.185 e. The molecule has 0 atom stereocenters. The molecule has 0 bridgehead atoms. The third kappa shape index (κ3) is 3.64. The van der Waals surface area contributed by atoms with E-state index < -0.39 is 9.84 Å². The lowest BCUT2D eigenvalue weighted by atomic mass is 9.74. The molecular weight excluding hydrogens is 446 g/mol. The molecule has 0 fully saturated rings. The molecule has 0 amide bonds. The maximum atomic E-state index is 12.9. The van der Waals surface area contributed by atoms with Gasteiger partial charge < -0.3 is 0 Å². The Kier molecular flexibility index (Phi) is 4.70. The van der Waals surface area contributed by atoms with Crippen LogP contribution in [-0.2, 0) is 16.3 Å². The van der Waals surface area contributed by atoms with Crippen molar-refractivity contribution in [2.24, 2.45) is 5.41 Å². The van der Waals surface area contributed by atoms with E-state index in [-0.39, 0.29) is 15.4 Å². The van der Waals surface area contributed by atoms with Gasteiger partial charge in [0.05, 0.1) is 16.1 Å². The second-order valence-corrected chi connectivity index (χ2v) is 13.0. The summed E-state index contributed by atoms with van der Waals surface area (Å²) in [4.78, 5) is 18.6. The number of hydrogen-bond donors (Lipinski definition) is 0. The van der Waals surface area contributed by atoms with Crippen molar-refractivity contribution < 1.29 is 13.2 Å². The van der Waals surface area contributed by atoms with Crippen LogP contribution in [0.1, 0.15) is 36.2 Å². The third-order valence-electron chi connectivity index (χ3n) is 5.63. The molecule has 2 heterocycles. The van der Waals surface area contributed by atoms with Crippen LogP contribution < -0.4 is 0 Å². The van der Waals surface area contributed by atoms with Crippen molar-refractivity contribution in [3.05, 3.63) is 59.0 Å². The Labute approximate surface area is 189 Å². The summed E-state index contributed by atoms with van der Waals surface area (Å²) in [6.07, 6.45) is 2.21. The van der Waals surface area contributed by atoms with Crippen LogP contribution in [0.15, 0.2) is 52.1 Å². The molecule has 31 heavy (non-hydrogen) atoms. The van der Waals surface area contributed by atoms with E-state index in [0.29, 0.717) is 18.4 Å². The van der Waals surface area contributed by atoms with Crippen LogP contribution in [0.3, 0.4) is 0 Å². The number of hydrogen-bond acceptors (Lipinski definition) is 6. The van der Waals surface area contributed by atoms with E-state index in [2.05, 4.69) is 44.2 Å². The molecule has 0 spiro atoms. The Morgan fingerprint density at radius 3 is 2.52 bits per heavy atom. The number of carbonyl (C=O) groups excluding carboxylic acids is 1. The summed E-state index contributed by atoms with van der Waals surface area (Å²) < 4.78 is 25.1. The van der Waals surface area contributed by atoms with Gasteiger partial charge in [-0.15, -0.1) is 22.7 Å². The van der Waals surface area contributed by atoms with Gasteiger partial charge in [0, 0.05) is 23.6 Å². The summed E-state index contributed by atoms with van der Waals surface area (Å²) in [5.41, 5.74) is 2.91. The zero-order valence-electron chi connectivity index (χ0n) is 17.4. The van der Waals surface area contributed by atoms with E-state index >= 15 is 0 Å². The summed E-state index contributed by atoms with van der Waals surface area (Å²) in [5.74, 6) is -0.0829. The van der Waals surface area contributed by atoms with Gasteiger partial charge in [0.2, 0.25) is 0 Å². The molecule has 4 nitrogen and oxygen atoms in total. The maximum Gasteiger partial charge on any atom is 0.185 e. The second-order valence-electron chi connectivity index (χ2n) is 8.89. The minimum atomic E-state index is -3.50. The topological polar surface area (TPSA) is 64.1 Å². The summed E-state index contributed by atoms with van der Waals surface area (Å²) in [5, 5.41) is 5.09. The average molecular weight is 468 g/mol. The lowest BCUT2D eigenvalue weighted by molar-refractivity contribution is 0.0910. The van der Waals surface area contributed by atoms with Crippen LogP contribution in [0, 0.1) is 5.41 Å². The summed E-state index contributed by atoms with van der Waals surface area (Å²) in [6, 6.07) is 14.4. The van der Waals surface area contributed by atoms with Crippen molar-refractivity contribution in [3.63, 3.8) is 0 Å². The van der Waals surface area contributed by atoms with Crippen LogP contribution in [0.2, 0.25) is 0 Å². The Morgan fingerprint density at radius 2 is 1.77 bits per heavy atom. The van der Waals surface area contributed by atoms with E-state index in [1.807, 2.05) is 17.5 Å². The van der Waals surface area contributed by atoms with Crippen LogP contribution >= 0.6 is 22.7 Å². The Balaban J connectivity index is 1.65. The van der Waals surface area contributed by atoms with Crippen molar-refractivity contribution in [2.75, 3.05) is 6.26 Å². The highest BCUT2D eigenvalue weighted by molar-refractivity contribution is 7.93. The molecule has 2 aromatic carbocycles. The quantitative estimate of drug-likeness (QED) is 0.357. The maximum absolute atomic E-state index is 12.9. The average Bonchev–Trinajstić information content (AvgIpc) is 3.31. The first-order valence-electron chi connectivity index (χ1n) is 9.96. The number of benzene rings is 2. The van der Waals surface area contributed by atoms with Crippen molar-refractivity contribution >= 4 is 49.1 Å². The van der Waals surface area contributed by atoms with Gasteiger partial charge in [-0.1, -0.05) is 50.2 Å². The number of aromatic nitrogens is 1. The lowest BCUT2D eigenvalue weighted by Gasteiger charge is -2.29. The molecule has 5 rings (SSSR count). The number of rotatable bonds is 3. The fourth-order valence-corrected chi connectivity index (χ4v) is 7.73. The Morgan fingerprint density at radius 1 is 1.03 bits per heavy atom. The predicted octanol–water partition coefficient (Wildman–Crippen LogP) is 6.25. The minimum absolute atomic E-state index is 0.0829. The predicted molar refractivity (Wildman–Crippen MR) is 128 cm³/mol. The highest BCUT2D eigenvalue weighted by atomic mass is 32.2. The highest BCUT2D eigenvalue weighted by Gasteiger charge is 2.39. The van der Waals surface area contributed by atoms with E-state index in [1.54, 1.807) is 0 Å². The molecule has 158 valence electrons.